The molecule has 1 unspecified atom stereocenters. The molecule has 2 heterocycles. The molecule has 112 valence electrons. The molecule has 1 atom stereocenters. The molecule has 2 heteroatoms. The number of aliphatic imine (C=N–C) groups is 1. The minimum atomic E-state index is -0.0655. The monoisotopic (exact) mass is 282 g/mol. The SMILES string of the molecule is C=CC1(CCCC)C(N2CCCCC2)=Nc2ccccc21. The van der Waals surface area contributed by atoms with E-state index in [-0.39, 0.29) is 5.41 Å². The summed E-state index contributed by atoms with van der Waals surface area (Å²) < 4.78 is 0. The Kier molecular flexibility index (Phi) is 4.14. The summed E-state index contributed by atoms with van der Waals surface area (Å²) in [6.07, 6.45) is 9.64. The predicted octanol–water partition coefficient (Wildman–Crippen LogP) is 4.83. The van der Waals surface area contributed by atoms with E-state index in [1.165, 1.54) is 43.5 Å². The zero-order valence-electron chi connectivity index (χ0n) is 13.1. The summed E-state index contributed by atoms with van der Waals surface area (Å²) in [4.78, 5) is 7.54. The number of hydrogen-bond donors (Lipinski definition) is 0. The maximum atomic E-state index is 5.02. The van der Waals surface area contributed by atoms with Crippen LogP contribution < -0.4 is 0 Å². The molecule has 3 rings (SSSR count). The van der Waals surface area contributed by atoms with E-state index in [1.54, 1.807) is 0 Å². The molecule has 0 saturated carbocycles. The molecule has 2 aliphatic rings. The third-order valence-corrected chi connectivity index (χ3v) is 4.94. The molecule has 1 aromatic carbocycles. The van der Waals surface area contributed by atoms with Gasteiger partial charge in [0, 0.05) is 13.1 Å². The number of para-hydroxylation sites is 1. The molecule has 2 aliphatic heterocycles. The number of benzene rings is 1. The van der Waals surface area contributed by atoms with Crippen LogP contribution in [0.5, 0.6) is 0 Å². The van der Waals surface area contributed by atoms with Crippen molar-refractivity contribution in [1.29, 1.82) is 0 Å². The molecule has 0 amide bonds. The van der Waals surface area contributed by atoms with E-state index in [0.717, 1.165) is 25.2 Å². The maximum absolute atomic E-state index is 5.02. The summed E-state index contributed by atoms with van der Waals surface area (Å²) in [5.41, 5.74) is 2.44. The van der Waals surface area contributed by atoms with Crippen molar-refractivity contribution < 1.29 is 0 Å². The highest BCUT2D eigenvalue weighted by molar-refractivity contribution is 6.02. The Labute approximate surface area is 128 Å². The first kappa shape index (κ1) is 14.4. The van der Waals surface area contributed by atoms with Gasteiger partial charge in [-0.3, -0.25) is 0 Å². The lowest BCUT2D eigenvalue weighted by molar-refractivity contribution is 0.324. The zero-order chi connectivity index (χ0) is 14.7. The molecule has 0 aliphatic carbocycles. The average Bonchev–Trinajstić information content (AvgIpc) is 2.89. The van der Waals surface area contributed by atoms with Crippen LogP contribution in [0.1, 0.15) is 51.0 Å². The van der Waals surface area contributed by atoms with Gasteiger partial charge in [0.25, 0.3) is 0 Å². The quantitative estimate of drug-likeness (QED) is 0.722. The fourth-order valence-electron chi connectivity index (χ4n) is 3.75. The topological polar surface area (TPSA) is 15.6 Å². The Balaban J connectivity index is 2.02. The van der Waals surface area contributed by atoms with E-state index in [0.29, 0.717) is 0 Å². The number of piperidine rings is 1. The predicted molar refractivity (Wildman–Crippen MR) is 90.4 cm³/mol. The number of amidine groups is 1. The average molecular weight is 282 g/mol. The highest BCUT2D eigenvalue weighted by Crippen LogP contribution is 2.45. The molecule has 0 spiro atoms. The number of unbranched alkanes of at least 4 members (excludes halogenated alkanes) is 1. The van der Waals surface area contributed by atoms with Gasteiger partial charge in [-0.25, -0.2) is 4.99 Å². The van der Waals surface area contributed by atoms with Crippen LogP contribution in [0.25, 0.3) is 0 Å². The first-order valence-electron chi connectivity index (χ1n) is 8.39. The number of fused-ring (bicyclic) bond motifs is 1. The molecule has 0 N–H and O–H groups in total. The van der Waals surface area contributed by atoms with E-state index >= 15 is 0 Å². The second-order valence-electron chi connectivity index (χ2n) is 6.28. The zero-order valence-corrected chi connectivity index (χ0v) is 13.1. The molecule has 1 saturated heterocycles. The fraction of sp³-hybridized carbons (Fsp3) is 0.526. The standard InChI is InChI=1S/C19H26N2/c1-3-5-13-19(4-2)16-11-7-8-12-17(16)20-18(19)21-14-9-6-10-15-21/h4,7-8,11-12H,2-3,5-6,9-10,13-15H2,1H3. The number of hydrogen-bond acceptors (Lipinski definition) is 2. The van der Waals surface area contributed by atoms with Crippen molar-refractivity contribution in [2.45, 2.75) is 50.9 Å². The Morgan fingerprint density at radius 1 is 1.24 bits per heavy atom. The Hall–Kier alpha value is -1.57. The lowest BCUT2D eigenvalue weighted by Gasteiger charge is -2.38. The number of rotatable bonds is 4. The largest absolute Gasteiger partial charge is 0.359 e. The van der Waals surface area contributed by atoms with E-state index in [1.807, 2.05) is 0 Å². The van der Waals surface area contributed by atoms with Crippen molar-refractivity contribution in [2.24, 2.45) is 4.99 Å². The minimum absolute atomic E-state index is 0.0655. The van der Waals surface area contributed by atoms with Crippen molar-refractivity contribution in [3.63, 3.8) is 0 Å². The van der Waals surface area contributed by atoms with Gasteiger partial charge in [-0.1, -0.05) is 44.0 Å². The van der Waals surface area contributed by atoms with Gasteiger partial charge in [0.1, 0.15) is 5.84 Å². The van der Waals surface area contributed by atoms with E-state index in [2.05, 4.69) is 48.7 Å². The lowest BCUT2D eigenvalue weighted by atomic mass is 9.75. The van der Waals surface area contributed by atoms with Gasteiger partial charge >= 0.3 is 0 Å². The van der Waals surface area contributed by atoms with Crippen LogP contribution in [0, 0.1) is 0 Å². The van der Waals surface area contributed by atoms with Gasteiger partial charge in [0.15, 0.2) is 0 Å². The summed E-state index contributed by atoms with van der Waals surface area (Å²) in [5.74, 6) is 1.26. The summed E-state index contributed by atoms with van der Waals surface area (Å²) in [6.45, 7) is 8.76. The Bertz CT molecular complexity index is 540. The van der Waals surface area contributed by atoms with Crippen LogP contribution in [0.3, 0.4) is 0 Å². The van der Waals surface area contributed by atoms with Gasteiger partial charge in [-0.05, 0) is 37.3 Å². The summed E-state index contributed by atoms with van der Waals surface area (Å²) >= 11 is 0. The Morgan fingerprint density at radius 2 is 2.00 bits per heavy atom. The van der Waals surface area contributed by atoms with Crippen LogP contribution in [-0.2, 0) is 5.41 Å². The molecule has 0 radical (unpaired) electrons. The highest BCUT2D eigenvalue weighted by atomic mass is 15.2. The number of likely N-dealkylation sites (tertiary alicyclic amines) is 1. The van der Waals surface area contributed by atoms with Crippen molar-refractivity contribution in [2.75, 3.05) is 13.1 Å². The molecule has 0 aromatic heterocycles. The van der Waals surface area contributed by atoms with Gasteiger partial charge < -0.3 is 4.90 Å². The second-order valence-corrected chi connectivity index (χ2v) is 6.28. The maximum Gasteiger partial charge on any atom is 0.119 e. The second kappa shape index (κ2) is 6.05. The molecule has 1 aromatic rings. The number of nitrogens with zero attached hydrogens (tertiary/aromatic N) is 2. The first-order chi connectivity index (χ1) is 10.3. The van der Waals surface area contributed by atoms with Crippen LogP contribution in [0.4, 0.5) is 5.69 Å². The highest BCUT2D eigenvalue weighted by Gasteiger charge is 2.43. The van der Waals surface area contributed by atoms with Crippen molar-refractivity contribution >= 4 is 11.5 Å². The summed E-state index contributed by atoms with van der Waals surface area (Å²) in [5, 5.41) is 0. The third-order valence-electron chi connectivity index (χ3n) is 4.94. The van der Waals surface area contributed by atoms with Gasteiger partial charge in [-0.2, -0.15) is 0 Å². The van der Waals surface area contributed by atoms with Crippen LogP contribution in [-0.4, -0.2) is 23.8 Å². The Morgan fingerprint density at radius 3 is 2.71 bits per heavy atom. The molecule has 1 fully saturated rings. The van der Waals surface area contributed by atoms with Gasteiger partial charge in [0.2, 0.25) is 0 Å². The first-order valence-corrected chi connectivity index (χ1v) is 8.39. The summed E-state index contributed by atoms with van der Waals surface area (Å²) in [6, 6.07) is 8.62. The molecular formula is C19H26N2. The molecular weight excluding hydrogens is 256 g/mol. The van der Waals surface area contributed by atoms with Gasteiger partial charge in [-0.15, -0.1) is 6.58 Å². The van der Waals surface area contributed by atoms with Crippen molar-refractivity contribution in [1.82, 2.24) is 4.90 Å². The molecule has 0 bridgehead atoms. The van der Waals surface area contributed by atoms with Crippen LogP contribution in [0.15, 0.2) is 41.9 Å². The lowest BCUT2D eigenvalue weighted by Crippen LogP contribution is -2.46. The van der Waals surface area contributed by atoms with E-state index in [9.17, 15) is 0 Å². The van der Waals surface area contributed by atoms with Gasteiger partial charge in [0.05, 0.1) is 11.1 Å². The minimum Gasteiger partial charge on any atom is -0.359 e. The van der Waals surface area contributed by atoms with Crippen LogP contribution in [0.2, 0.25) is 0 Å². The normalized spacial score (nSPS) is 24.6. The van der Waals surface area contributed by atoms with Crippen molar-refractivity contribution in [3.8, 4) is 0 Å². The van der Waals surface area contributed by atoms with E-state index in [4.69, 9.17) is 4.99 Å². The molecule has 21 heavy (non-hydrogen) atoms. The smallest absolute Gasteiger partial charge is 0.119 e. The molecule has 2 nitrogen and oxygen atoms in total. The van der Waals surface area contributed by atoms with Crippen LogP contribution >= 0.6 is 0 Å². The fourth-order valence-corrected chi connectivity index (χ4v) is 3.75. The third kappa shape index (κ3) is 2.41. The summed E-state index contributed by atoms with van der Waals surface area (Å²) in [7, 11) is 0. The van der Waals surface area contributed by atoms with Crippen molar-refractivity contribution in [3.05, 3.63) is 42.5 Å². The van der Waals surface area contributed by atoms with E-state index < -0.39 is 0 Å².